The lowest BCUT2D eigenvalue weighted by Gasteiger charge is -2.19. The first-order valence-corrected chi connectivity index (χ1v) is 4.60. The molecule has 0 saturated carbocycles. The van der Waals surface area contributed by atoms with Gasteiger partial charge in [-0.1, -0.05) is 0 Å². The average molecular weight is 269 g/mol. The van der Waals surface area contributed by atoms with Gasteiger partial charge in [0.15, 0.2) is 17.5 Å². The third-order valence-corrected chi connectivity index (χ3v) is 2.34. The van der Waals surface area contributed by atoms with Crippen molar-refractivity contribution < 1.29 is 18.3 Å². The molecule has 0 aliphatic rings. The summed E-state index contributed by atoms with van der Waals surface area (Å²) < 4.78 is 38.6. The van der Waals surface area contributed by atoms with Crippen LogP contribution in [0.5, 0.6) is 0 Å². The van der Waals surface area contributed by atoms with Gasteiger partial charge in [-0.3, -0.25) is 0 Å². The summed E-state index contributed by atoms with van der Waals surface area (Å²) in [6.45, 7) is 2.57. The molecule has 0 radical (unpaired) electrons. The molecule has 1 N–H and O–H groups in total. The van der Waals surface area contributed by atoms with Crippen molar-refractivity contribution in [2.45, 2.75) is 19.4 Å². The van der Waals surface area contributed by atoms with E-state index in [1.54, 1.807) is 0 Å². The van der Waals surface area contributed by atoms with Gasteiger partial charge in [-0.25, -0.2) is 13.2 Å². The second kappa shape index (κ2) is 3.55. The molecule has 14 heavy (non-hydrogen) atoms. The molecule has 0 aromatic heterocycles. The van der Waals surface area contributed by atoms with E-state index in [4.69, 9.17) is 0 Å². The molecular weight excluding hydrogens is 261 g/mol. The highest BCUT2D eigenvalue weighted by Gasteiger charge is 2.26. The summed E-state index contributed by atoms with van der Waals surface area (Å²) in [4.78, 5) is 0. The van der Waals surface area contributed by atoms with Crippen molar-refractivity contribution >= 4 is 15.9 Å². The van der Waals surface area contributed by atoms with Gasteiger partial charge in [-0.15, -0.1) is 0 Å². The minimum Gasteiger partial charge on any atom is -0.386 e. The van der Waals surface area contributed by atoms with Crippen LogP contribution in [-0.4, -0.2) is 5.11 Å². The maximum Gasteiger partial charge on any atom is 0.195 e. The molecule has 0 heterocycles. The fraction of sp³-hybridized carbons (Fsp3) is 0.333. The van der Waals surface area contributed by atoms with Gasteiger partial charge in [0.2, 0.25) is 0 Å². The van der Waals surface area contributed by atoms with Crippen LogP contribution in [0.15, 0.2) is 10.5 Å². The molecule has 0 aliphatic carbocycles. The van der Waals surface area contributed by atoms with E-state index in [0.29, 0.717) is 0 Å². The van der Waals surface area contributed by atoms with E-state index in [0.717, 1.165) is 6.07 Å². The zero-order valence-corrected chi connectivity index (χ0v) is 9.12. The Labute approximate surface area is 87.7 Å². The van der Waals surface area contributed by atoms with E-state index >= 15 is 0 Å². The van der Waals surface area contributed by atoms with Crippen molar-refractivity contribution in [1.82, 2.24) is 0 Å². The molecule has 0 unspecified atom stereocenters. The van der Waals surface area contributed by atoms with E-state index in [-0.39, 0.29) is 10.0 Å². The van der Waals surface area contributed by atoms with Crippen molar-refractivity contribution in [3.05, 3.63) is 33.6 Å². The molecule has 1 aromatic rings. The van der Waals surface area contributed by atoms with Crippen LogP contribution < -0.4 is 0 Å². The van der Waals surface area contributed by atoms with E-state index in [1.807, 2.05) is 0 Å². The van der Waals surface area contributed by atoms with Crippen molar-refractivity contribution in [3.8, 4) is 0 Å². The Kier molecular flexibility index (Phi) is 2.92. The average Bonchev–Trinajstić information content (AvgIpc) is 2.06. The summed E-state index contributed by atoms with van der Waals surface area (Å²) in [5.74, 6) is -4.25. The molecule has 0 amide bonds. The van der Waals surface area contributed by atoms with Gasteiger partial charge in [-0.05, 0) is 35.8 Å². The third-order valence-electron chi connectivity index (χ3n) is 1.76. The highest BCUT2D eigenvalue weighted by Crippen LogP contribution is 2.30. The number of rotatable bonds is 1. The van der Waals surface area contributed by atoms with Gasteiger partial charge in [-0.2, -0.15) is 0 Å². The van der Waals surface area contributed by atoms with Crippen LogP contribution in [0.4, 0.5) is 13.2 Å². The predicted molar refractivity (Wildman–Crippen MR) is 49.3 cm³/mol. The van der Waals surface area contributed by atoms with Crippen LogP contribution in [0.3, 0.4) is 0 Å². The second-order valence-electron chi connectivity index (χ2n) is 3.41. The summed E-state index contributed by atoms with van der Waals surface area (Å²) in [5, 5.41) is 9.46. The van der Waals surface area contributed by atoms with Crippen LogP contribution in [0, 0.1) is 17.5 Å². The van der Waals surface area contributed by atoms with Crippen molar-refractivity contribution in [2.75, 3.05) is 0 Å². The first-order valence-electron chi connectivity index (χ1n) is 3.81. The van der Waals surface area contributed by atoms with Crippen molar-refractivity contribution in [2.24, 2.45) is 0 Å². The van der Waals surface area contributed by atoms with E-state index in [1.165, 1.54) is 13.8 Å². The molecular formula is C9H8BrF3O. The molecule has 1 aromatic carbocycles. The molecule has 0 atom stereocenters. The first-order chi connectivity index (χ1) is 6.25. The van der Waals surface area contributed by atoms with Crippen molar-refractivity contribution in [3.63, 3.8) is 0 Å². The molecule has 78 valence electrons. The lowest BCUT2D eigenvalue weighted by molar-refractivity contribution is 0.0733. The van der Waals surface area contributed by atoms with Crippen LogP contribution in [0.25, 0.3) is 0 Å². The summed E-state index contributed by atoms with van der Waals surface area (Å²) in [7, 11) is 0. The zero-order valence-electron chi connectivity index (χ0n) is 7.54. The first kappa shape index (κ1) is 11.5. The topological polar surface area (TPSA) is 20.2 Å². The molecule has 5 heteroatoms. The van der Waals surface area contributed by atoms with Gasteiger partial charge < -0.3 is 5.11 Å². The van der Waals surface area contributed by atoms with Crippen LogP contribution in [-0.2, 0) is 5.60 Å². The lowest BCUT2D eigenvalue weighted by atomic mass is 9.97. The monoisotopic (exact) mass is 268 g/mol. The number of halogens is 4. The molecule has 0 aliphatic heterocycles. The Morgan fingerprint density at radius 3 is 2.07 bits per heavy atom. The molecule has 1 rings (SSSR count). The highest BCUT2D eigenvalue weighted by atomic mass is 79.9. The van der Waals surface area contributed by atoms with E-state index in [2.05, 4.69) is 15.9 Å². The Morgan fingerprint density at radius 1 is 1.14 bits per heavy atom. The third kappa shape index (κ3) is 1.93. The van der Waals surface area contributed by atoms with Gasteiger partial charge in [0.1, 0.15) is 0 Å². The Balaban J connectivity index is 3.49. The Morgan fingerprint density at radius 2 is 1.64 bits per heavy atom. The zero-order chi connectivity index (χ0) is 11.1. The number of benzene rings is 1. The van der Waals surface area contributed by atoms with E-state index < -0.39 is 23.1 Å². The maximum absolute atomic E-state index is 13.1. The molecule has 1 nitrogen and oxygen atoms in total. The smallest absolute Gasteiger partial charge is 0.195 e. The lowest BCUT2D eigenvalue weighted by Crippen LogP contribution is -2.19. The van der Waals surface area contributed by atoms with Gasteiger partial charge >= 0.3 is 0 Å². The minimum absolute atomic E-state index is 0.214. The number of hydrogen-bond donors (Lipinski definition) is 1. The van der Waals surface area contributed by atoms with Gasteiger partial charge in [0.05, 0.1) is 10.1 Å². The maximum atomic E-state index is 13.1. The fourth-order valence-corrected chi connectivity index (χ4v) is 1.42. The quantitative estimate of drug-likeness (QED) is 0.613. The minimum atomic E-state index is -1.59. The van der Waals surface area contributed by atoms with Crippen molar-refractivity contribution in [1.29, 1.82) is 0 Å². The highest BCUT2D eigenvalue weighted by molar-refractivity contribution is 9.10. The summed E-state index contributed by atoms with van der Waals surface area (Å²) in [5.41, 5.74) is -1.84. The normalized spacial score (nSPS) is 11.9. The van der Waals surface area contributed by atoms with Crippen LogP contribution >= 0.6 is 15.9 Å². The molecule has 0 spiro atoms. The second-order valence-corrected chi connectivity index (χ2v) is 4.26. The predicted octanol–water partition coefficient (Wildman–Crippen LogP) is 3.09. The SMILES string of the molecule is CC(C)(O)c1cc(Br)c(F)c(F)c1F. The number of aliphatic hydroxyl groups is 1. The van der Waals surface area contributed by atoms with Gasteiger partial charge in [0.25, 0.3) is 0 Å². The molecule has 0 fully saturated rings. The Hall–Kier alpha value is -0.550. The summed E-state index contributed by atoms with van der Waals surface area (Å²) in [6, 6.07) is 1.02. The van der Waals surface area contributed by atoms with Crippen LogP contribution in [0.1, 0.15) is 19.4 Å². The fourth-order valence-electron chi connectivity index (χ4n) is 1.02. The molecule has 0 bridgehead atoms. The largest absolute Gasteiger partial charge is 0.386 e. The standard InChI is InChI=1S/C9H8BrF3O/c1-9(2,14)4-3-5(10)7(12)8(13)6(4)11/h3,14H,1-2H3. The summed E-state index contributed by atoms with van der Waals surface area (Å²) in [6.07, 6.45) is 0. The summed E-state index contributed by atoms with van der Waals surface area (Å²) >= 11 is 2.73. The Bertz CT molecular complexity index is 371. The molecule has 0 saturated heterocycles. The van der Waals surface area contributed by atoms with Gasteiger partial charge in [0, 0.05) is 5.56 Å². The van der Waals surface area contributed by atoms with Crippen LogP contribution in [0.2, 0.25) is 0 Å². The van der Waals surface area contributed by atoms with E-state index in [9.17, 15) is 18.3 Å². The number of hydrogen-bond acceptors (Lipinski definition) is 1.